The number of halogens is 1. The number of thioether (sulfide) groups is 1. The number of aromatic nitrogens is 1. The van der Waals surface area contributed by atoms with Gasteiger partial charge in [-0.2, -0.15) is 11.8 Å². The minimum atomic E-state index is -0.650. The number of anilines is 1. The summed E-state index contributed by atoms with van der Waals surface area (Å²) in [6, 6.07) is 2.71. The van der Waals surface area contributed by atoms with Gasteiger partial charge in [0.1, 0.15) is 6.04 Å². The van der Waals surface area contributed by atoms with E-state index in [1.54, 1.807) is 18.3 Å². The van der Waals surface area contributed by atoms with E-state index in [-0.39, 0.29) is 16.8 Å². The number of hydrogen-bond acceptors (Lipinski definition) is 6. The van der Waals surface area contributed by atoms with Gasteiger partial charge in [-0.1, -0.05) is 11.6 Å². The van der Waals surface area contributed by atoms with Crippen LogP contribution in [0.3, 0.4) is 0 Å². The SMILES string of the molecule is COC(=O)C(N)CCSCC(=O)Nc1cccnc1Cl. The maximum absolute atomic E-state index is 11.7. The van der Waals surface area contributed by atoms with Crippen LogP contribution in [-0.4, -0.2) is 41.5 Å². The van der Waals surface area contributed by atoms with E-state index in [2.05, 4.69) is 15.0 Å². The Labute approximate surface area is 126 Å². The van der Waals surface area contributed by atoms with Crippen molar-refractivity contribution in [2.45, 2.75) is 12.5 Å². The first-order chi connectivity index (χ1) is 9.54. The summed E-state index contributed by atoms with van der Waals surface area (Å²) in [5, 5.41) is 2.90. The highest BCUT2D eigenvalue weighted by atomic mass is 35.5. The van der Waals surface area contributed by atoms with Crippen LogP contribution in [0.5, 0.6) is 0 Å². The molecule has 0 aromatic carbocycles. The number of amides is 1. The molecule has 1 rings (SSSR count). The van der Waals surface area contributed by atoms with Crippen LogP contribution in [0.25, 0.3) is 0 Å². The first kappa shape index (κ1) is 16.7. The highest BCUT2D eigenvalue weighted by Crippen LogP contribution is 2.17. The van der Waals surface area contributed by atoms with Gasteiger partial charge in [-0.25, -0.2) is 4.98 Å². The van der Waals surface area contributed by atoms with E-state index >= 15 is 0 Å². The Hall–Kier alpha value is -1.31. The molecule has 1 heterocycles. The van der Waals surface area contributed by atoms with Gasteiger partial charge in [-0.15, -0.1) is 0 Å². The molecule has 0 fully saturated rings. The zero-order chi connectivity index (χ0) is 15.0. The van der Waals surface area contributed by atoms with E-state index in [1.165, 1.54) is 18.9 Å². The summed E-state index contributed by atoms with van der Waals surface area (Å²) in [6.45, 7) is 0. The predicted octanol–water partition coefficient (Wildman–Crippen LogP) is 1.30. The van der Waals surface area contributed by atoms with Crippen molar-refractivity contribution >= 4 is 40.9 Å². The standard InChI is InChI=1S/C12H16ClN3O3S/c1-19-12(18)8(14)4-6-20-7-10(17)16-9-3-2-5-15-11(9)13/h2-3,5,8H,4,6-7,14H2,1H3,(H,16,17). The number of ether oxygens (including phenoxy) is 1. The summed E-state index contributed by atoms with van der Waals surface area (Å²) in [7, 11) is 1.29. The van der Waals surface area contributed by atoms with Crippen molar-refractivity contribution in [1.82, 2.24) is 4.98 Å². The number of carbonyl (C=O) groups is 2. The van der Waals surface area contributed by atoms with Gasteiger partial charge in [0, 0.05) is 6.20 Å². The normalized spacial score (nSPS) is 11.8. The lowest BCUT2D eigenvalue weighted by Crippen LogP contribution is -2.32. The maximum atomic E-state index is 11.7. The molecule has 1 aromatic heterocycles. The number of esters is 1. The van der Waals surface area contributed by atoms with Crippen LogP contribution in [0.4, 0.5) is 5.69 Å². The molecule has 3 N–H and O–H groups in total. The maximum Gasteiger partial charge on any atom is 0.322 e. The lowest BCUT2D eigenvalue weighted by atomic mass is 10.2. The Morgan fingerprint density at radius 3 is 3.00 bits per heavy atom. The van der Waals surface area contributed by atoms with E-state index in [1.807, 2.05) is 0 Å². The number of nitrogens with zero attached hydrogens (tertiary/aromatic N) is 1. The minimum absolute atomic E-state index is 0.184. The first-order valence-electron chi connectivity index (χ1n) is 5.86. The smallest absolute Gasteiger partial charge is 0.322 e. The number of methoxy groups -OCH3 is 1. The molecule has 110 valence electrons. The molecule has 0 saturated carbocycles. The van der Waals surface area contributed by atoms with E-state index < -0.39 is 12.0 Å². The van der Waals surface area contributed by atoms with Crippen molar-refractivity contribution in [2.75, 3.05) is 23.9 Å². The van der Waals surface area contributed by atoms with Crippen molar-refractivity contribution in [3.63, 3.8) is 0 Å². The van der Waals surface area contributed by atoms with Crippen LogP contribution in [-0.2, 0) is 14.3 Å². The van der Waals surface area contributed by atoms with E-state index in [0.717, 1.165) is 0 Å². The van der Waals surface area contributed by atoms with E-state index in [4.69, 9.17) is 17.3 Å². The molecule has 1 unspecified atom stereocenters. The Morgan fingerprint density at radius 1 is 1.60 bits per heavy atom. The van der Waals surface area contributed by atoms with Crippen molar-refractivity contribution < 1.29 is 14.3 Å². The molecule has 8 heteroatoms. The average Bonchev–Trinajstić information content (AvgIpc) is 2.45. The Balaban J connectivity index is 2.24. The molecule has 0 bridgehead atoms. The third kappa shape index (κ3) is 5.77. The zero-order valence-corrected chi connectivity index (χ0v) is 12.5. The van der Waals surface area contributed by atoms with Gasteiger partial charge in [0.05, 0.1) is 18.6 Å². The lowest BCUT2D eigenvalue weighted by molar-refractivity contribution is -0.142. The quantitative estimate of drug-likeness (QED) is 0.447. The molecule has 6 nitrogen and oxygen atoms in total. The van der Waals surface area contributed by atoms with Crippen LogP contribution in [0.2, 0.25) is 5.15 Å². The van der Waals surface area contributed by atoms with E-state index in [9.17, 15) is 9.59 Å². The molecular formula is C12H16ClN3O3S. The highest BCUT2D eigenvalue weighted by molar-refractivity contribution is 7.99. The molecule has 0 aliphatic heterocycles. The van der Waals surface area contributed by atoms with Crippen molar-refractivity contribution in [2.24, 2.45) is 5.73 Å². The molecule has 0 radical (unpaired) electrons. The van der Waals surface area contributed by atoms with Gasteiger partial charge in [-0.05, 0) is 24.3 Å². The Bertz CT molecular complexity index is 473. The van der Waals surface area contributed by atoms with Crippen molar-refractivity contribution in [1.29, 1.82) is 0 Å². The van der Waals surface area contributed by atoms with Gasteiger partial charge >= 0.3 is 5.97 Å². The van der Waals surface area contributed by atoms with Gasteiger partial charge in [0.25, 0.3) is 0 Å². The molecule has 1 atom stereocenters. The van der Waals surface area contributed by atoms with Gasteiger partial charge < -0.3 is 15.8 Å². The van der Waals surface area contributed by atoms with Crippen LogP contribution in [0, 0.1) is 0 Å². The third-order valence-electron chi connectivity index (χ3n) is 2.34. The molecule has 1 amide bonds. The average molecular weight is 318 g/mol. The molecule has 0 aliphatic carbocycles. The Kier molecular flexibility index (Phi) is 7.35. The number of rotatable bonds is 7. The summed E-state index contributed by atoms with van der Waals surface area (Å²) in [6.07, 6.45) is 2.00. The summed E-state index contributed by atoms with van der Waals surface area (Å²) in [4.78, 5) is 26.6. The molecule has 20 heavy (non-hydrogen) atoms. The second-order valence-electron chi connectivity index (χ2n) is 3.86. The summed E-state index contributed by atoms with van der Waals surface area (Å²) >= 11 is 7.20. The largest absolute Gasteiger partial charge is 0.468 e. The lowest BCUT2D eigenvalue weighted by Gasteiger charge is -2.09. The molecule has 0 saturated heterocycles. The number of hydrogen-bond donors (Lipinski definition) is 2. The van der Waals surface area contributed by atoms with Crippen LogP contribution >= 0.6 is 23.4 Å². The summed E-state index contributed by atoms with van der Waals surface area (Å²) in [5.41, 5.74) is 6.05. The van der Waals surface area contributed by atoms with Gasteiger partial charge in [0.15, 0.2) is 5.15 Å². The molecule has 1 aromatic rings. The number of pyridine rings is 1. The van der Waals surface area contributed by atoms with Crippen molar-refractivity contribution in [3.05, 3.63) is 23.5 Å². The topological polar surface area (TPSA) is 94.3 Å². The fourth-order valence-electron chi connectivity index (χ4n) is 1.31. The fraction of sp³-hybridized carbons (Fsp3) is 0.417. The number of carbonyl (C=O) groups excluding carboxylic acids is 2. The summed E-state index contributed by atoms with van der Waals surface area (Å²) < 4.78 is 4.51. The minimum Gasteiger partial charge on any atom is -0.468 e. The van der Waals surface area contributed by atoms with Gasteiger partial charge in [-0.3, -0.25) is 9.59 Å². The molecule has 0 spiro atoms. The summed E-state index contributed by atoms with van der Waals surface area (Å²) in [5.74, 6) is 0.206. The van der Waals surface area contributed by atoms with Gasteiger partial charge in [0.2, 0.25) is 5.91 Å². The highest BCUT2D eigenvalue weighted by Gasteiger charge is 2.13. The predicted molar refractivity (Wildman–Crippen MR) is 79.8 cm³/mol. The van der Waals surface area contributed by atoms with Crippen LogP contribution < -0.4 is 11.1 Å². The zero-order valence-electron chi connectivity index (χ0n) is 11.0. The van der Waals surface area contributed by atoms with E-state index in [0.29, 0.717) is 17.9 Å². The number of nitrogens with two attached hydrogens (primary N) is 1. The first-order valence-corrected chi connectivity index (χ1v) is 7.39. The second kappa shape index (κ2) is 8.78. The van der Waals surface area contributed by atoms with Crippen LogP contribution in [0.15, 0.2) is 18.3 Å². The van der Waals surface area contributed by atoms with Crippen LogP contribution in [0.1, 0.15) is 6.42 Å². The monoisotopic (exact) mass is 317 g/mol. The second-order valence-corrected chi connectivity index (χ2v) is 5.32. The number of nitrogens with one attached hydrogen (secondary N) is 1. The van der Waals surface area contributed by atoms with Crippen molar-refractivity contribution in [3.8, 4) is 0 Å². The Morgan fingerprint density at radius 2 is 2.35 bits per heavy atom. The molecular weight excluding hydrogens is 302 g/mol. The fourth-order valence-corrected chi connectivity index (χ4v) is 2.30. The molecule has 0 aliphatic rings. The third-order valence-corrected chi connectivity index (χ3v) is 3.64.